The summed E-state index contributed by atoms with van der Waals surface area (Å²) in [5.74, 6) is 0.460. The number of hydrogen-bond acceptors (Lipinski definition) is 6. The van der Waals surface area contributed by atoms with Crippen molar-refractivity contribution in [3.8, 4) is 11.5 Å². The number of rotatable bonds is 7. The number of hydrogen-bond donors (Lipinski definition) is 1. The third-order valence-corrected chi connectivity index (χ3v) is 8.19. The van der Waals surface area contributed by atoms with Gasteiger partial charge in [0, 0.05) is 53.5 Å². The Bertz CT molecular complexity index is 1300. The largest absolute Gasteiger partial charge is 0.493 e. The van der Waals surface area contributed by atoms with Crippen LogP contribution in [0.5, 0.6) is 11.5 Å². The molecule has 0 fully saturated rings. The van der Waals surface area contributed by atoms with E-state index in [1.807, 2.05) is 42.5 Å². The Labute approximate surface area is 236 Å². The number of carbonyl (C=O) groups excluding carboxylic acids is 3. The third kappa shape index (κ3) is 4.98. The highest BCUT2D eigenvalue weighted by atomic mass is 127. The van der Waals surface area contributed by atoms with Crippen LogP contribution in [0.4, 0.5) is 5.69 Å². The van der Waals surface area contributed by atoms with Crippen LogP contribution < -0.4 is 14.8 Å². The summed E-state index contributed by atoms with van der Waals surface area (Å²) in [5, 5.41) is 2.81. The van der Waals surface area contributed by atoms with E-state index in [0.717, 1.165) is 63.9 Å². The average molecular weight is 626 g/mol. The molecule has 1 amide bonds. The lowest BCUT2D eigenvalue weighted by atomic mass is 9.71. The highest BCUT2D eigenvalue weighted by molar-refractivity contribution is 14.1. The standard InChI is InChI=1S/C30H31IN2O5/c1-3-33-21-11-7-13-23(34)28(21)27(29-22(33)12-8-14-24(29)35)18-15-20(31)30(25(16-18)37-2)38-17-26(36)32-19-9-5-4-6-10-19/h4-6,9-10,15-16,27H,3,7-8,11-14,17H2,1-2H3,(H,32,36). The molecule has 1 N–H and O–H groups in total. The minimum absolute atomic E-state index is 0.117. The van der Waals surface area contributed by atoms with Crippen molar-refractivity contribution < 1.29 is 23.9 Å². The van der Waals surface area contributed by atoms with Crippen LogP contribution in [0.25, 0.3) is 0 Å². The van der Waals surface area contributed by atoms with Crippen molar-refractivity contribution >= 4 is 45.8 Å². The Hall–Kier alpha value is -3.14. The minimum atomic E-state index is -0.416. The molecule has 0 unspecified atom stereocenters. The van der Waals surface area contributed by atoms with Gasteiger partial charge in [0.15, 0.2) is 29.7 Å². The van der Waals surface area contributed by atoms with E-state index in [0.29, 0.717) is 30.0 Å². The SMILES string of the molecule is CCN1C2=C(C(=O)CCC2)C(c2cc(I)c(OCC(=O)Nc3ccccc3)c(OC)c2)C2=C1CCCC2=O. The summed E-state index contributed by atoms with van der Waals surface area (Å²) in [6.07, 6.45) is 4.32. The number of allylic oxidation sites excluding steroid dienone is 4. The van der Waals surface area contributed by atoms with Gasteiger partial charge in [-0.25, -0.2) is 0 Å². The van der Waals surface area contributed by atoms with E-state index in [2.05, 4.69) is 39.7 Å². The molecular weight excluding hydrogens is 595 g/mol. The zero-order valence-corrected chi connectivity index (χ0v) is 23.8. The molecular formula is C30H31IN2O5. The van der Waals surface area contributed by atoms with Crippen molar-refractivity contribution in [3.63, 3.8) is 0 Å². The molecule has 0 atom stereocenters. The molecule has 0 aromatic heterocycles. The van der Waals surface area contributed by atoms with E-state index in [1.54, 1.807) is 7.11 Å². The van der Waals surface area contributed by atoms with Gasteiger partial charge in [-0.15, -0.1) is 0 Å². The van der Waals surface area contributed by atoms with E-state index in [4.69, 9.17) is 9.47 Å². The van der Waals surface area contributed by atoms with E-state index >= 15 is 0 Å². The number of para-hydroxylation sites is 1. The molecule has 0 radical (unpaired) electrons. The zero-order valence-electron chi connectivity index (χ0n) is 21.6. The van der Waals surface area contributed by atoms with Gasteiger partial charge < -0.3 is 19.7 Å². The summed E-state index contributed by atoms with van der Waals surface area (Å²) >= 11 is 2.17. The van der Waals surface area contributed by atoms with Crippen molar-refractivity contribution in [2.75, 3.05) is 25.6 Å². The maximum Gasteiger partial charge on any atom is 0.262 e. The lowest BCUT2D eigenvalue weighted by Crippen LogP contribution is -2.39. The van der Waals surface area contributed by atoms with Crippen LogP contribution in [0.2, 0.25) is 0 Å². The van der Waals surface area contributed by atoms with E-state index in [1.165, 1.54) is 0 Å². The number of ketones is 2. The number of ether oxygens (including phenoxy) is 2. The maximum atomic E-state index is 13.4. The van der Waals surface area contributed by atoms with E-state index in [-0.39, 0.29) is 24.1 Å². The number of amides is 1. The molecule has 0 spiro atoms. The number of nitrogens with zero attached hydrogens (tertiary/aromatic N) is 1. The van der Waals surface area contributed by atoms with Crippen molar-refractivity contribution in [1.82, 2.24) is 4.90 Å². The van der Waals surface area contributed by atoms with Crippen LogP contribution in [-0.4, -0.2) is 42.6 Å². The Morgan fingerprint density at radius 2 is 1.63 bits per heavy atom. The van der Waals surface area contributed by atoms with Crippen molar-refractivity contribution in [3.05, 3.63) is 74.1 Å². The van der Waals surface area contributed by atoms with Crippen LogP contribution in [0, 0.1) is 3.57 Å². The summed E-state index contributed by atoms with van der Waals surface area (Å²) in [7, 11) is 1.55. The number of methoxy groups -OCH3 is 1. The quantitative estimate of drug-likeness (QED) is 0.394. The fraction of sp³-hybridized carbons (Fsp3) is 0.367. The average Bonchev–Trinajstić information content (AvgIpc) is 2.91. The Morgan fingerprint density at radius 1 is 1.00 bits per heavy atom. The van der Waals surface area contributed by atoms with Gasteiger partial charge in [0.05, 0.1) is 10.7 Å². The molecule has 3 aliphatic rings. The summed E-state index contributed by atoms with van der Waals surface area (Å²) in [6, 6.07) is 13.0. The van der Waals surface area contributed by atoms with Gasteiger partial charge in [0.2, 0.25) is 0 Å². The van der Waals surface area contributed by atoms with Crippen LogP contribution >= 0.6 is 22.6 Å². The van der Waals surface area contributed by atoms with Crippen LogP contribution in [-0.2, 0) is 14.4 Å². The van der Waals surface area contributed by atoms with Crippen molar-refractivity contribution in [2.24, 2.45) is 0 Å². The first-order valence-electron chi connectivity index (χ1n) is 13.1. The molecule has 1 heterocycles. The molecule has 0 saturated carbocycles. The van der Waals surface area contributed by atoms with Crippen LogP contribution in [0.15, 0.2) is 65.0 Å². The molecule has 2 aromatic rings. The van der Waals surface area contributed by atoms with Crippen molar-refractivity contribution in [2.45, 2.75) is 51.4 Å². The predicted octanol–water partition coefficient (Wildman–Crippen LogP) is 5.75. The number of anilines is 1. The molecule has 38 heavy (non-hydrogen) atoms. The van der Waals surface area contributed by atoms with Crippen LogP contribution in [0.1, 0.15) is 56.9 Å². The second-order valence-electron chi connectivity index (χ2n) is 9.69. The zero-order chi connectivity index (χ0) is 26.8. The number of nitrogens with one attached hydrogen (secondary N) is 1. The van der Waals surface area contributed by atoms with Gasteiger partial charge in [0.1, 0.15) is 0 Å². The van der Waals surface area contributed by atoms with E-state index in [9.17, 15) is 14.4 Å². The molecule has 198 valence electrons. The third-order valence-electron chi connectivity index (χ3n) is 7.39. The highest BCUT2D eigenvalue weighted by Crippen LogP contribution is 2.50. The lowest BCUT2D eigenvalue weighted by Gasteiger charge is -2.43. The van der Waals surface area contributed by atoms with Gasteiger partial charge in [0.25, 0.3) is 5.91 Å². The molecule has 2 aromatic carbocycles. The summed E-state index contributed by atoms with van der Waals surface area (Å²) < 4.78 is 12.4. The smallest absolute Gasteiger partial charge is 0.262 e. The molecule has 2 aliphatic carbocycles. The second-order valence-corrected chi connectivity index (χ2v) is 10.9. The van der Waals surface area contributed by atoms with Gasteiger partial charge in [-0.1, -0.05) is 18.2 Å². The van der Waals surface area contributed by atoms with Gasteiger partial charge >= 0.3 is 0 Å². The first kappa shape index (κ1) is 26.5. The predicted molar refractivity (Wildman–Crippen MR) is 153 cm³/mol. The Morgan fingerprint density at radius 3 is 2.21 bits per heavy atom. The first-order chi connectivity index (χ1) is 18.4. The molecule has 8 heteroatoms. The summed E-state index contributed by atoms with van der Waals surface area (Å²) in [6.45, 7) is 2.64. The summed E-state index contributed by atoms with van der Waals surface area (Å²) in [4.78, 5) is 41.4. The minimum Gasteiger partial charge on any atom is -0.493 e. The fourth-order valence-electron chi connectivity index (χ4n) is 5.83. The number of halogens is 1. The highest BCUT2D eigenvalue weighted by Gasteiger charge is 2.43. The molecule has 5 rings (SSSR count). The van der Waals surface area contributed by atoms with Gasteiger partial charge in [-0.05, 0) is 85.0 Å². The van der Waals surface area contributed by atoms with E-state index < -0.39 is 5.92 Å². The Kier molecular flexibility index (Phi) is 7.88. The van der Waals surface area contributed by atoms with Crippen molar-refractivity contribution in [1.29, 1.82) is 0 Å². The molecule has 0 bridgehead atoms. The normalized spacial score (nSPS) is 17.8. The van der Waals surface area contributed by atoms with Gasteiger partial charge in [-0.3, -0.25) is 14.4 Å². The number of Topliss-reactive ketones (excluding diaryl/α,β-unsaturated/α-hetero) is 2. The maximum absolute atomic E-state index is 13.4. The number of benzene rings is 2. The van der Waals surface area contributed by atoms with Crippen LogP contribution in [0.3, 0.4) is 0 Å². The fourth-order valence-corrected chi connectivity index (χ4v) is 6.62. The van der Waals surface area contributed by atoms with Gasteiger partial charge in [-0.2, -0.15) is 0 Å². The first-order valence-corrected chi connectivity index (χ1v) is 14.2. The topological polar surface area (TPSA) is 84.9 Å². The molecule has 1 aliphatic heterocycles. The lowest BCUT2D eigenvalue weighted by molar-refractivity contribution is -0.118. The molecule has 7 nitrogen and oxygen atoms in total. The second kappa shape index (κ2) is 11.3. The molecule has 0 saturated heterocycles. The monoisotopic (exact) mass is 626 g/mol. The summed E-state index contributed by atoms with van der Waals surface area (Å²) in [5.41, 5.74) is 5.16. The number of carbonyl (C=O) groups is 3. The Balaban J connectivity index is 1.51.